The Morgan fingerprint density at radius 1 is 1.44 bits per heavy atom. The van der Waals surface area contributed by atoms with E-state index >= 15 is 0 Å². The van der Waals surface area contributed by atoms with E-state index in [1.54, 1.807) is 0 Å². The second-order valence-electron chi connectivity index (χ2n) is 4.79. The maximum absolute atomic E-state index is 12.6. The van der Waals surface area contributed by atoms with Crippen molar-refractivity contribution in [2.45, 2.75) is 39.2 Å². The number of piperidine rings is 1. The average Bonchev–Trinajstić information content (AvgIpc) is 2.40. The number of carbonyl (C=O) groups excluding carboxylic acids is 1. The van der Waals surface area contributed by atoms with E-state index in [9.17, 15) is 4.79 Å². The molecule has 0 radical (unpaired) electrons. The fourth-order valence-corrected chi connectivity index (χ4v) is 3.02. The normalized spacial score (nSPS) is 19.9. The van der Waals surface area contributed by atoms with Gasteiger partial charge in [0.2, 0.25) is 0 Å². The topological polar surface area (TPSA) is 46.1 Å². The predicted octanol–water partition coefficient (Wildman–Crippen LogP) is 2.48. The Balaban J connectivity index is 2.26. The van der Waals surface area contributed by atoms with Crippen molar-refractivity contribution >= 4 is 21.8 Å². The lowest BCUT2D eigenvalue weighted by Crippen LogP contribution is -2.45. The molecule has 1 aromatic heterocycles. The Kier molecular flexibility index (Phi) is 4.32. The number of aromatic nitrogens is 2. The molecule has 1 aliphatic rings. The first-order valence-electron chi connectivity index (χ1n) is 6.31. The molecule has 0 N–H and O–H groups in total. The smallest absolute Gasteiger partial charge is 0.256 e. The maximum Gasteiger partial charge on any atom is 0.256 e. The standard InChI is InChI=1S/C13H18BrN3O/c1-9-7-12(10(2)16-15-9)13(18)17-6-4-3-5-11(17)8-14/h7,11H,3-6,8H2,1-2H3. The van der Waals surface area contributed by atoms with Crippen molar-refractivity contribution in [2.75, 3.05) is 11.9 Å². The zero-order valence-corrected chi connectivity index (χ0v) is 12.4. The Labute approximate surface area is 116 Å². The van der Waals surface area contributed by atoms with Crippen LogP contribution in [0.2, 0.25) is 0 Å². The van der Waals surface area contributed by atoms with Crippen LogP contribution in [0.1, 0.15) is 41.0 Å². The zero-order valence-electron chi connectivity index (χ0n) is 10.8. The molecule has 1 saturated heterocycles. The van der Waals surface area contributed by atoms with Crippen LogP contribution in [-0.2, 0) is 0 Å². The fourth-order valence-electron chi connectivity index (χ4n) is 2.35. The van der Waals surface area contributed by atoms with E-state index in [0.29, 0.717) is 17.3 Å². The highest BCUT2D eigenvalue weighted by molar-refractivity contribution is 9.09. The second kappa shape index (κ2) is 5.78. The van der Waals surface area contributed by atoms with Crippen LogP contribution in [0.15, 0.2) is 6.07 Å². The van der Waals surface area contributed by atoms with Crippen molar-refractivity contribution in [1.29, 1.82) is 0 Å². The third kappa shape index (κ3) is 2.71. The maximum atomic E-state index is 12.6. The first-order chi connectivity index (χ1) is 8.63. The van der Waals surface area contributed by atoms with Crippen molar-refractivity contribution in [3.8, 4) is 0 Å². The largest absolute Gasteiger partial charge is 0.335 e. The van der Waals surface area contributed by atoms with Gasteiger partial charge in [-0.3, -0.25) is 4.79 Å². The van der Waals surface area contributed by atoms with Gasteiger partial charge < -0.3 is 4.90 Å². The Morgan fingerprint density at radius 3 is 2.94 bits per heavy atom. The predicted molar refractivity (Wildman–Crippen MR) is 74.0 cm³/mol. The second-order valence-corrected chi connectivity index (χ2v) is 5.43. The first kappa shape index (κ1) is 13.5. The van der Waals surface area contributed by atoms with E-state index in [4.69, 9.17) is 0 Å². The number of likely N-dealkylation sites (tertiary alicyclic amines) is 1. The summed E-state index contributed by atoms with van der Waals surface area (Å²) >= 11 is 3.50. The molecule has 1 amide bonds. The molecular formula is C13H18BrN3O. The quantitative estimate of drug-likeness (QED) is 0.788. The molecule has 1 aliphatic heterocycles. The van der Waals surface area contributed by atoms with E-state index in [1.807, 2.05) is 24.8 Å². The lowest BCUT2D eigenvalue weighted by molar-refractivity contribution is 0.0640. The molecule has 0 saturated carbocycles. The highest BCUT2D eigenvalue weighted by Crippen LogP contribution is 2.21. The summed E-state index contributed by atoms with van der Waals surface area (Å²) in [5.74, 6) is 0.0923. The van der Waals surface area contributed by atoms with Gasteiger partial charge in [0.25, 0.3) is 5.91 Å². The number of rotatable bonds is 2. The van der Waals surface area contributed by atoms with Crippen LogP contribution in [0.4, 0.5) is 0 Å². The molecule has 0 bridgehead atoms. The van der Waals surface area contributed by atoms with Gasteiger partial charge in [-0.2, -0.15) is 10.2 Å². The number of amides is 1. The lowest BCUT2D eigenvalue weighted by atomic mass is 10.0. The summed E-state index contributed by atoms with van der Waals surface area (Å²) in [6.45, 7) is 4.55. The van der Waals surface area contributed by atoms with Gasteiger partial charge in [0.05, 0.1) is 17.0 Å². The van der Waals surface area contributed by atoms with E-state index in [-0.39, 0.29) is 5.91 Å². The van der Waals surface area contributed by atoms with Crippen molar-refractivity contribution in [2.24, 2.45) is 0 Å². The number of alkyl halides is 1. The molecule has 0 spiro atoms. The molecule has 5 heteroatoms. The van der Waals surface area contributed by atoms with Crippen molar-refractivity contribution < 1.29 is 4.79 Å². The van der Waals surface area contributed by atoms with Crippen LogP contribution >= 0.6 is 15.9 Å². The van der Waals surface area contributed by atoms with Gasteiger partial charge in [-0.1, -0.05) is 15.9 Å². The van der Waals surface area contributed by atoms with Crippen LogP contribution in [0.5, 0.6) is 0 Å². The summed E-state index contributed by atoms with van der Waals surface area (Å²) in [6, 6.07) is 2.14. The number of aryl methyl sites for hydroxylation is 2. The van der Waals surface area contributed by atoms with Crippen LogP contribution in [-0.4, -0.2) is 38.9 Å². The minimum absolute atomic E-state index is 0.0923. The molecule has 0 aromatic carbocycles. The van der Waals surface area contributed by atoms with Crippen LogP contribution in [0.25, 0.3) is 0 Å². The van der Waals surface area contributed by atoms with Crippen LogP contribution in [0.3, 0.4) is 0 Å². The molecule has 0 aliphatic carbocycles. The zero-order chi connectivity index (χ0) is 13.1. The molecule has 1 fully saturated rings. The Hall–Kier alpha value is -0.970. The van der Waals surface area contributed by atoms with Gasteiger partial charge in [0.15, 0.2) is 0 Å². The molecule has 4 nitrogen and oxygen atoms in total. The summed E-state index contributed by atoms with van der Waals surface area (Å²) in [5.41, 5.74) is 2.19. The number of nitrogens with zero attached hydrogens (tertiary/aromatic N) is 3. The van der Waals surface area contributed by atoms with Gasteiger partial charge in [0, 0.05) is 17.9 Å². The molecule has 18 heavy (non-hydrogen) atoms. The van der Waals surface area contributed by atoms with E-state index < -0.39 is 0 Å². The molecule has 1 unspecified atom stereocenters. The summed E-state index contributed by atoms with van der Waals surface area (Å²) < 4.78 is 0. The van der Waals surface area contributed by atoms with Crippen molar-refractivity contribution in [3.05, 3.63) is 23.0 Å². The lowest BCUT2D eigenvalue weighted by Gasteiger charge is -2.35. The summed E-state index contributed by atoms with van der Waals surface area (Å²) in [6.07, 6.45) is 3.37. The van der Waals surface area contributed by atoms with Crippen molar-refractivity contribution in [1.82, 2.24) is 15.1 Å². The number of hydrogen-bond donors (Lipinski definition) is 0. The molecular weight excluding hydrogens is 294 g/mol. The Bertz CT molecular complexity index is 450. The number of hydrogen-bond acceptors (Lipinski definition) is 3. The number of halogens is 1. The molecule has 1 atom stereocenters. The summed E-state index contributed by atoms with van der Waals surface area (Å²) in [5, 5.41) is 8.85. The highest BCUT2D eigenvalue weighted by atomic mass is 79.9. The number of carbonyl (C=O) groups is 1. The molecule has 2 rings (SSSR count). The van der Waals surface area contributed by atoms with E-state index in [2.05, 4.69) is 26.1 Å². The first-order valence-corrected chi connectivity index (χ1v) is 7.43. The summed E-state index contributed by atoms with van der Waals surface area (Å²) in [4.78, 5) is 14.6. The van der Waals surface area contributed by atoms with E-state index in [0.717, 1.165) is 30.4 Å². The minimum atomic E-state index is 0.0923. The SMILES string of the molecule is Cc1cc(C(=O)N2CCCCC2CBr)c(C)nn1. The van der Waals surface area contributed by atoms with Gasteiger partial charge >= 0.3 is 0 Å². The monoisotopic (exact) mass is 311 g/mol. The third-order valence-corrected chi connectivity index (χ3v) is 4.14. The van der Waals surface area contributed by atoms with Crippen LogP contribution in [0, 0.1) is 13.8 Å². The summed E-state index contributed by atoms with van der Waals surface area (Å²) in [7, 11) is 0. The molecule has 98 valence electrons. The minimum Gasteiger partial charge on any atom is -0.335 e. The van der Waals surface area contributed by atoms with Gasteiger partial charge in [-0.05, 0) is 39.2 Å². The Morgan fingerprint density at radius 2 is 2.22 bits per heavy atom. The highest BCUT2D eigenvalue weighted by Gasteiger charge is 2.27. The van der Waals surface area contributed by atoms with Crippen molar-refractivity contribution in [3.63, 3.8) is 0 Å². The average molecular weight is 312 g/mol. The van der Waals surface area contributed by atoms with Crippen LogP contribution < -0.4 is 0 Å². The van der Waals surface area contributed by atoms with Gasteiger partial charge in [0.1, 0.15) is 0 Å². The van der Waals surface area contributed by atoms with Gasteiger partial charge in [-0.25, -0.2) is 0 Å². The third-order valence-electron chi connectivity index (χ3n) is 3.40. The fraction of sp³-hybridized carbons (Fsp3) is 0.615. The van der Waals surface area contributed by atoms with E-state index in [1.165, 1.54) is 6.42 Å². The van der Waals surface area contributed by atoms with Gasteiger partial charge in [-0.15, -0.1) is 0 Å². The molecule has 1 aromatic rings. The molecule has 2 heterocycles.